The van der Waals surface area contributed by atoms with Gasteiger partial charge in [0.1, 0.15) is 0 Å². The van der Waals surface area contributed by atoms with Crippen LogP contribution in [0, 0.1) is 0 Å². The summed E-state index contributed by atoms with van der Waals surface area (Å²) in [7, 11) is 0. The van der Waals surface area contributed by atoms with Crippen LogP contribution in [0.5, 0.6) is 0 Å². The molecule has 3 N–H and O–H groups in total. The maximum atomic E-state index is 11.5. The summed E-state index contributed by atoms with van der Waals surface area (Å²) in [4.78, 5) is 11.5. The minimum absolute atomic E-state index is 0.274. The summed E-state index contributed by atoms with van der Waals surface area (Å²) in [6.07, 6.45) is 0.818. The highest BCUT2D eigenvalue weighted by Gasteiger charge is 2.24. The quantitative estimate of drug-likeness (QED) is 0.788. The van der Waals surface area contributed by atoms with Crippen LogP contribution in [0.25, 0.3) is 0 Å². The Morgan fingerprint density at radius 2 is 2.39 bits per heavy atom. The van der Waals surface area contributed by atoms with E-state index in [0.717, 1.165) is 12.8 Å². The third-order valence-electron chi connectivity index (χ3n) is 3.48. The predicted molar refractivity (Wildman–Crippen MR) is 68.2 cm³/mol. The summed E-state index contributed by atoms with van der Waals surface area (Å²) in [6.45, 7) is 2.64. The molecular formula is C14H19NO3. The van der Waals surface area contributed by atoms with Gasteiger partial charge in [0.15, 0.2) is 6.10 Å². The van der Waals surface area contributed by atoms with Gasteiger partial charge in [-0.05, 0) is 48.9 Å². The first kappa shape index (κ1) is 13.1. The van der Waals surface area contributed by atoms with Crippen LogP contribution in [0.3, 0.4) is 0 Å². The summed E-state index contributed by atoms with van der Waals surface area (Å²) in [5, 5.41) is 9.88. The third-order valence-corrected chi connectivity index (χ3v) is 3.48. The molecule has 98 valence electrons. The van der Waals surface area contributed by atoms with Gasteiger partial charge in [-0.2, -0.15) is 0 Å². The Bertz CT molecular complexity index is 445. The smallest absolute Gasteiger partial charge is 0.339 e. The van der Waals surface area contributed by atoms with Gasteiger partial charge in [-0.1, -0.05) is 18.2 Å². The zero-order valence-electron chi connectivity index (χ0n) is 10.6. The lowest BCUT2D eigenvalue weighted by Gasteiger charge is -2.13. The second-order valence-electron chi connectivity index (χ2n) is 4.58. The fourth-order valence-corrected chi connectivity index (χ4v) is 2.50. The topological polar surface area (TPSA) is 72.5 Å². The van der Waals surface area contributed by atoms with Crippen molar-refractivity contribution in [3.8, 4) is 0 Å². The minimum Gasteiger partial charge on any atom is -0.464 e. The number of carbonyl (C=O) groups excluding carboxylic acids is 1. The Morgan fingerprint density at radius 3 is 3.06 bits per heavy atom. The molecule has 0 saturated carbocycles. The lowest BCUT2D eigenvalue weighted by molar-refractivity contribution is -0.153. The number of hydrogen-bond donors (Lipinski definition) is 2. The molecule has 4 heteroatoms. The van der Waals surface area contributed by atoms with E-state index in [1.807, 2.05) is 12.1 Å². The van der Waals surface area contributed by atoms with Crippen LogP contribution in [0.2, 0.25) is 0 Å². The number of hydrogen-bond acceptors (Lipinski definition) is 4. The van der Waals surface area contributed by atoms with Crippen LogP contribution in [-0.4, -0.2) is 24.2 Å². The normalized spacial score (nSPS) is 19.4. The second-order valence-corrected chi connectivity index (χ2v) is 4.58. The maximum Gasteiger partial charge on any atom is 0.339 e. The number of aryl methyl sites for hydroxylation is 1. The molecule has 1 aromatic rings. The molecule has 2 atom stereocenters. The highest BCUT2D eigenvalue weighted by molar-refractivity contribution is 5.76. The van der Waals surface area contributed by atoms with Gasteiger partial charge in [-0.3, -0.25) is 0 Å². The number of aliphatic hydroxyl groups is 1. The molecule has 18 heavy (non-hydrogen) atoms. The summed E-state index contributed by atoms with van der Waals surface area (Å²) < 4.78 is 4.81. The van der Waals surface area contributed by atoms with E-state index in [1.54, 1.807) is 13.0 Å². The average Bonchev–Trinajstić information content (AvgIpc) is 2.80. The highest BCUT2D eigenvalue weighted by Crippen LogP contribution is 2.33. The number of nitrogens with two attached hydrogens (primary N) is 1. The molecule has 1 aliphatic carbocycles. The molecule has 0 radical (unpaired) electrons. The van der Waals surface area contributed by atoms with Crippen molar-refractivity contribution in [1.29, 1.82) is 0 Å². The predicted octanol–water partition coefficient (Wildman–Crippen LogP) is 1.27. The number of carbonyl (C=O) groups is 1. The van der Waals surface area contributed by atoms with Crippen LogP contribution < -0.4 is 5.73 Å². The lowest BCUT2D eigenvalue weighted by Crippen LogP contribution is -2.15. The number of ether oxygens (including phenoxy) is 1. The third kappa shape index (κ3) is 2.40. The van der Waals surface area contributed by atoms with Crippen molar-refractivity contribution in [1.82, 2.24) is 0 Å². The van der Waals surface area contributed by atoms with Gasteiger partial charge >= 0.3 is 5.97 Å². The first-order chi connectivity index (χ1) is 8.67. The van der Waals surface area contributed by atoms with E-state index in [9.17, 15) is 9.90 Å². The van der Waals surface area contributed by atoms with Crippen molar-refractivity contribution in [2.75, 3.05) is 13.2 Å². The van der Waals surface area contributed by atoms with Crippen LogP contribution in [0.15, 0.2) is 18.2 Å². The van der Waals surface area contributed by atoms with Crippen molar-refractivity contribution in [3.05, 3.63) is 34.9 Å². The molecule has 0 spiro atoms. The Balaban J connectivity index is 2.20. The van der Waals surface area contributed by atoms with Crippen LogP contribution >= 0.6 is 0 Å². The van der Waals surface area contributed by atoms with E-state index in [0.29, 0.717) is 18.0 Å². The van der Waals surface area contributed by atoms with Gasteiger partial charge < -0.3 is 15.6 Å². The van der Waals surface area contributed by atoms with E-state index in [2.05, 4.69) is 0 Å². The summed E-state index contributed by atoms with van der Waals surface area (Å²) in [5.74, 6) is -0.181. The molecule has 2 unspecified atom stereocenters. The van der Waals surface area contributed by atoms with E-state index in [1.165, 1.54) is 11.1 Å². The largest absolute Gasteiger partial charge is 0.464 e. The van der Waals surface area contributed by atoms with Gasteiger partial charge in [0.05, 0.1) is 6.61 Å². The molecule has 0 heterocycles. The molecule has 0 bridgehead atoms. The molecule has 2 rings (SSSR count). The van der Waals surface area contributed by atoms with Gasteiger partial charge in [0, 0.05) is 0 Å². The zero-order valence-corrected chi connectivity index (χ0v) is 10.6. The molecule has 0 aliphatic heterocycles. The Labute approximate surface area is 107 Å². The number of rotatable bonds is 4. The monoisotopic (exact) mass is 249 g/mol. The summed E-state index contributed by atoms with van der Waals surface area (Å²) in [6, 6.07) is 5.65. The summed E-state index contributed by atoms with van der Waals surface area (Å²) in [5.41, 5.74) is 8.75. The summed E-state index contributed by atoms with van der Waals surface area (Å²) >= 11 is 0. The molecule has 1 aromatic carbocycles. The van der Waals surface area contributed by atoms with Crippen molar-refractivity contribution < 1.29 is 14.6 Å². The molecule has 1 aliphatic rings. The molecule has 0 saturated heterocycles. The molecule has 0 fully saturated rings. The van der Waals surface area contributed by atoms with Crippen molar-refractivity contribution in [2.24, 2.45) is 5.73 Å². The maximum absolute atomic E-state index is 11.5. The SMILES string of the molecule is CCOC(=O)C(O)c1ccc2c(c1)CCC2CN. The minimum atomic E-state index is -1.19. The first-order valence-corrected chi connectivity index (χ1v) is 6.34. The standard InChI is InChI=1S/C14H19NO3/c1-2-18-14(17)13(16)10-5-6-12-9(7-10)3-4-11(12)8-15/h5-7,11,13,16H,2-4,8,15H2,1H3. The number of benzene rings is 1. The average molecular weight is 249 g/mol. The van der Waals surface area contributed by atoms with E-state index >= 15 is 0 Å². The molecule has 4 nitrogen and oxygen atoms in total. The van der Waals surface area contributed by atoms with Crippen molar-refractivity contribution >= 4 is 5.97 Å². The molecule has 0 aromatic heterocycles. The molecular weight excluding hydrogens is 230 g/mol. The Kier molecular flexibility index (Phi) is 3.99. The van der Waals surface area contributed by atoms with Gasteiger partial charge in [-0.15, -0.1) is 0 Å². The van der Waals surface area contributed by atoms with Crippen LogP contribution in [0.1, 0.15) is 42.1 Å². The van der Waals surface area contributed by atoms with Crippen molar-refractivity contribution in [3.63, 3.8) is 0 Å². The van der Waals surface area contributed by atoms with E-state index < -0.39 is 12.1 Å². The highest BCUT2D eigenvalue weighted by atomic mass is 16.5. The van der Waals surface area contributed by atoms with Crippen molar-refractivity contribution in [2.45, 2.75) is 31.8 Å². The Hall–Kier alpha value is -1.39. The number of esters is 1. The van der Waals surface area contributed by atoms with E-state index in [-0.39, 0.29) is 6.61 Å². The van der Waals surface area contributed by atoms with E-state index in [4.69, 9.17) is 10.5 Å². The fraction of sp³-hybridized carbons (Fsp3) is 0.500. The fourth-order valence-electron chi connectivity index (χ4n) is 2.50. The lowest BCUT2D eigenvalue weighted by atomic mass is 9.98. The first-order valence-electron chi connectivity index (χ1n) is 6.34. The van der Waals surface area contributed by atoms with Gasteiger partial charge in [-0.25, -0.2) is 4.79 Å². The van der Waals surface area contributed by atoms with Crippen LogP contribution in [-0.2, 0) is 16.0 Å². The second kappa shape index (κ2) is 5.50. The van der Waals surface area contributed by atoms with Gasteiger partial charge in [0.25, 0.3) is 0 Å². The number of fused-ring (bicyclic) bond motifs is 1. The number of aliphatic hydroxyl groups excluding tert-OH is 1. The molecule has 0 amide bonds. The Morgan fingerprint density at radius 1 is 1.61 bits per heavy atom. The zero-order chi connectivity index (χ0) is 13.1. The van der Waals surface area contributed by atoms with Gasteiger partial charge in [0.2, 0.25) is 0 Å². The van der Waals surface area contributed by atoms with Crippen LogP contribution in [0.4, 0.5) is 0 Å².